The second kappa shape index (κ2) is 9.46. The maximum Gasteiger partial charge on any atom is 0.111 e. The van der Waals surface area contributed by atoms with Crippen LogP contribution in [0, 0.1) is 12.3 Å². The second-order valence-electron chi connectivity index (χ2n) is 9.72. The quantitative estimate of drug-likeness (QED) is 0.614. The Morgan fingerprint density at radius 2 is 1.90 bits per heavy atom. The van der Waals surface area contributed by atoms with Crippen LogP contribution in [0.5, 0.6) is 0 Å². The zero-order chi connectivity index (χ0) is 20.9. The highest BCUT2D eigenvalue weighted by Gasteiger charge is 2.40. The lowest BCUT2D eigenvalue weighted by Crippen LogP contribution is -2.51. The summed E-state index contributed by atoms with van der Waals surface area (Å²) in [6.07, 6.45) is 5.00. The SMILES string of the molecule is Cc1ccc([C@H](CCNC[C@@]2(CN(C)C)CCOC(C)(C)C2)c2ccco2)cc1. The predicted molar refractivity (Wildman–Crippen MR) is 119 cm³/mol. The number of nitrogens with one attached hydrogen (secondary N) is 1. The molecule has 2 heterocycles. The number of hydrogen-bond acceptors (Lipinski definition) is 4. The number of rotatable bonds is 9. The molecule has 1 aliphatic heterocycles. The summed E-state index contributed by atoms with van der Waals surface area (Å²) in [6.45, 7) is 10.5. The lowest BCUT2D eigenvalue weighted by Gasteiger charge is -2.46. The summed E-state index contributed by atoms with van der Waals surface area (Å²) in [6, 6.07) is 12.9. The van der Waals surface area contributed by atoms with Crippen LogP contribution in [-0.4, -0.2) is 50.8 Å². The summed E-state index contributed by atoms with van der Waals surface area (Å²) in [5.41, 5.74) is 2.82. The number of ether oxygens (including phenoxy) is 1. The lowest BCUT2D eigenvalue weighted by molar-refractivity contribution is -0.109. The van der Waals surface area contributed by atoms with E-state index in [0.717, 1.165) is 51.3 Å². The molecule has 2 atom stereocenters. The highest BCUT2D eigenvalue weighted by Crippen LogP contribution is 2.39. The first kappa shape index (κ1) is 22.1. The molecule has 160 valence electrons. The van der Waals surface area contributed by atoms with Gasteiger partial charge >= 0.3 is 0 Å². The molecule has 0 bridgehead atoms. The molecule has 0 spiro atoms. The van der Waals surface area contributed by atoms with Gasteiger partial charge in [0.1, 0.15) is 5.76 Å². The largest absolute Gasteiger partial charge is 0.469 e. The minimum atomic E-state index is -0.0471. The highest BCUT2D eigenvalue weighted by molar-refractivity contribution is 5.30. The Kier molecular flexibility index (Phi) is 7.20. The van der Waals surface area contributed by atoms with Crippen LogP contribution >= 0.6 is 0 Å². The number of hydrogen-bond donors (Lipinski definition) is 1. The van der Waals surface area contributed by atoms with Crippen LogP contribution in [0.1, 0.15) is 55.9 Å². The van der Waals surface area contributed by atoms with E-state index in [-0.39, 0.29) is 16.9 Å². The third-order valence-corrected chi connectivity index (χ3v) is 6.05. The molecule has 0 unspecified atom stereocenters. The Balaban J connectivity index is 1.63. The summed E-state index contributed by atoms with van der Waals surface area (Å²) >= 11 is 0. The first-order valence-electron chi connectivity index (χ1n) is 10.9. The summed E-state index contributed by atoms with van der Waals surface area (Å²) in [7, 11) is 4.35. The Bertz CT molecular complexity index is 737. The van der Waals surface area contributed by atoms with Crippen LogP contribution in [0.2, 0.25) is 0 Å². The molecule has 0 aliphatic carbocycles. The van der Waals surface area contributed by atoms with Gasteiger partial charge in [-0.1, -0.05) is 29.8 Å². The molecular formula is C25H38N2O2. The average molecular weight is 399 g/mol. The van der Waals surface area contributed by atoms with Crippen LogP contribution in [0.25, 0.3) is 0 Å². The topological polar surface area (TPSA) is 37.6 Å². The minimum absolute atomic E-state index is 0.0471. The molecule has 2 aromatic rings. The van der Waals surface area contributed by atoms with Gasteiger partial charge in [0.15, 0.2) is 0 Å². The number of aryl methyl sites for hydroxylation is 1. The van der Waals surface area contributed by atoms with Crippen molar-refractivity contribution in [3.63, 3.8) is 0 Å². The van der Waals surface area contributed by atoms with Gasteiger partial charge in [-0.2, -0.15) is 0 Å². The standard InChI is InChI=1S/C25H38N2O2/c1-20-8-10-21(11-9-20)22(23-7-6-15-28-23)12-14-26-18-25(19-27(4)5)13-16-29-24(2,3)17-25/h6-11,15,22,26H,12-14,16-19H2,1-5H3/t22-,25+/m0/s1. The summed E-state index contributed by atoms with van der Waals surface area (Å²) in [5, 5.41) is 3.79. The van der Waals surface area contributed by atoms with Gasteiger partial charge in [0.25, 0.3) is 0 Å². The fourth-order valence-electron chi connectivity index (χ4n) is 4.96. The monoisotopic (exact) mass is 398 g/mol. The first-order chi connectivity index (χ1) is 13.8. The van der Waals surface area contributed by atoms with Crippen LogP contribution in [0.15, 0.2) is 47.1 Å². The van der Waals surface area contributed by atoms with Gasteiger partial charge < -0.3 is 19.4 Å². The molecule has 0 saturated carbocycles. The molecule has 1 fully saturated rings. The summed E-state index contributed by atoms with van der Waals surface area (Å²) < 4.78 is 11.8. The summed E-state index contributed by atoms with van der Waals surface area (Å²) in [4.78, 5) is 2.32. The zero-order valence-electron chi connectivity index (χ0n) is 18.8. The molecule has 3 rings (SSSR count). The predicted octanol–water partition coefficient (Wildman–Crippen LogP) is 4.84. The van der Waals surface area contributed by atoms with Crippen molar-refractivity contribution >= 4 is 0 Å². The molecule has 0 radical (unpaired) electrons. The van der Waals surface area contributed by atoms with Crippen molar-refractivity contribution in [2.24, 2.45) is 5.41 Å². The van der Waals surface area contributed by atoms with Gasteiger partial charge in [-0.3, -0.25) is 0 Å². The van der Waals surface area contributed by atoms with E-state index >= 15 is 0 Å². The smallest absolute Gasteiger partial charge is 0.111 e. The van der Waals surface area contributed by atoms with Crippen LogP contribution in [-0.2, 0) is 4.74 Å². The fraction of sp³-hybridized carbons (Fsp3) is 0.600. The van der Waals surface area contributed by atoms with E-state index in [4.69, 9.17) is 9.15 Å². The maximum atomic E-state index is 6.00. The number of furan rings is 1. The molecule has 4 nitrogen and oxygen atoms in total. The van der Waals surface area contributed by atoms with Crippen molar-refractivity contribution in [3.05, 3.63) is 59.5 Å². The van der Waals surface area contributed by atoms with Crippen molar-refractivity contribution in [2.75, 3.05) is 40.3 Å². The van der Waals surface area contributed by atoms with Gasteiger partial charge in [0.2, 0.25) is 0 Å². The first-order valence-corrected chi connectivity index (χ1v) is 10.9. The highest BCUT2D eigenvalue weighted by atomic mass is 16.5. The van der Waals surface area contributed by atoms with Crippen molar-refractivity contribution < 1.29 is 9.15 Å². The van der Waals surface area contributed by atoms with E-state index in [1.807, 2.05) is 6.07 Å². The van der Waals surface area contributed by atoms with Crippen molar-refractivity contribution in [3.8, 4) is 0 Å². The molecule has 1 saturated heterocycles. The van der Waals surface area contributed by atoms with Gasteiger partial charge in [0.05, 0.1) is 11.9 Å². The third-order valence-electron chi connectivity index (χ3n) is 6.05. The van der Waals surface area contributed by atoms with Gasteiger partial charge in [0, 0.05) is 31.0 Å². The van der Waals surface area contributed by atoms with Crippen LogP contribution in [0.3, 0.4) is 0 Å². The Hall–Kier alpha value is -1.62. The van der Waals surface area contributed by atoms with Gasteiger partial charge in [-0.15, -0.1) is 0 Å². The zero-order valence-corrected chi connectivity index (χ0v) is 18.8. The van der Waals surface area contributed by atoms with Crippen LogP contribution < -0.4 is 5.32 Å². The van der Waals surface area contributed by atoms with E-state index in [0.29, 0.717) is 0 Å². The van der Waals surface area contributed by atoms with Gasteiger partial charge in [-0.05, 0) is 78.4 Å². The maximum absolute atomic E-state index is 6.00. The molecule has 1 aromatic carbocycles. The average Bonchev–Trinajstić information content (AvgIpc) is 3.15. The molecule has 1 N–H and O–H groups in total. The molecule has 1 aliphatic rings. The Morgan fingerprint density at radius 1 is 1.14 bits per heavy atom. The third kappa shape index (κ3) is 6.18. The normalized spacial score (nSPS) is 22.7. The van der Waals surface area contributed by atoms with E-state index in [1.54, 1.807) is 6.26 Å². The van der Waals surface area contributed by atoms with Crippen LogP contribution in [0.4, 0.5) is 0 Å². The molecular weight excluding hydrogens is 360 g/mol. The van der Waals surface area contributed by atoms with Crippen molar-refractivity contribution in [2.45, 2.75) is 51.6 Å². The fourth-order valence-corrected chi connectivity index (χ4v) is 4.96. The lowest BCUT2D eigenvalue weighted by atomic mass is 9.73. The molecule has 1 aromatic heterocycles. The number of nitrogens with zero attached hydrogens (tertiary/aromatic N) is 1. The Labute approximate surface area is 176 Å². The summed E-state index contributed by atoms with van der Waals surface area (Å²) in [5.74, 6) is 1.33. The molecule has 29 heavy (non-hydrogen) atoms. The Morgan fingerprint density at radius 3 is 2.52 bits per heavy atom. The van der Waals surface area contributed by atoms with Crippen molar-refractivity contribution in [1.82, 2.24) is 10.2 Å². The molecule has 4 heteroatoms. The van der Waals surface area contributed by atoms with E-state index < -0.39 is 0 Å². The van der Waals surface area contributed by atoms with Crippen molar-refractivity contribution in [1.29, 1.82) is 0 Å². The molecule has 0 amide bonds. The number of benzene rings is 1. The van der Waals surface area contributed by atoms with E-state index in [2.05, 4.69) is 75.4 Å². The van der Waals surface area contributed by atoms with Gasteiger partial charge in [-0.25, -0.2) is 0 Å². The minimum Gasteiger partial charge on any atom is -0.469 e. The second-order valence-corrected chi connectivity index (χ2v) is 9.72. The van der Waals surface area contributed by atoms with E-state index in [9.17, 15) is 0 Å². The van der Waals surface area contributed by atoms with E-state index in [1.165, 1.54) is 11.1 Å².